The number of benzene rings is 1. The molecule has 31 heavy (non-hydrogen) atoms. The van der Waals surface area contributed by atoms with Crippen molar-refractivity contribution in [3.8, 4) is 11.4 Å². The lowest BCUT2D eigenvalue weighted by molar-refractivity contribution is 0.00102. The molecule has 0 spiro atoms. The standard InChI is InChI=1S/C23H32ClN5O2/c1-25-23(29-14-11-20(12-15-29)30-16-17-4-2-3-5-17)26-13-10-21-27-22(28-31-21)18-6-8-19(24)9-7-18/h6-9,17,20H,2-5,10-16H2,1H3,(H,25,26). The number of piperidine rings is 1. The first-order chi connectivity index (χ1) is 15.2. The summed E-state index contributed by atoms with van der Waals surface area (Å²) in [6.07, 6.45) is 8.58. The van der Waals surface area contributed by atoms with Gasteiger partial charge in [0, 0.05) is 50.3 Å². The molecule has 1 aromatic carbocycles. The summed E-state index contributed by atoms with van der Waals surface area (Å²) < 4.78 is 11.6. The second-order valence-corrected chi connectivity index (χ2v) is 8.85. The Labute approximate surface area is 189 Å². The largest absolute Gasteiger partial charge is 0.378 e. The maximum absolute atomic E-state index is 6.19. The molecule has 7 nitrogen and oxygen atoms in total. The minimum absolute atomic E-state index is 0.389. The molecule has 0 amide bonds. The molecule has 1 N–H and O–H groups in total. The molecule has 168 valence electrons. The molecular formula is C23H32ClN5O2. The van der Waals surface area contributed by atoms with Crippen LogP contribution in [0.1, 0.15) is 44.4 Å². The molecule has 1 aliphatic heterocycles. The topological polar surface area (TPSA) is 75.8 Å². The van der Waals surface area contributed by atoms with E-state index < -0.39 is 0 Å². The van der Waals surface area contributed by atoms with E-state index in [2.05, 4.69) is 25.3 Å². The molecule has 0 atom stereocenters. The Kier molecular flexibility index (Phi) is 7.81. The van der Waals surface area contributed by atoms with Gasteiger partial charge in [-0.3, -0.25) is 4.99 Å². The fraction of sp³-hybridized carbons (Fsp3) is 0.609. The van der Waals surface area contributed by atoms with E-state index in [1.54, 1.807) is 0 Å². The third kappa shape index (κ3) is 6.20. The normalized spacial score (nSPS) is 18.6. The highest BCUT2D eigenvalue weighted by molar-refractivity contribution is 6.30. The van der Waals surface area contributed by atoms with Crippen LogP contribution in [-0.4, -0.2) is 60.4 Å². The van der Waals surface area contributed by atoms with Crippen LogP contribution in [0.25, 0.3) is 11.4 Å². The summed E-state index contributed by atoms with van der Waals surface area (Å²) in [5, 5.41) is 8.18. The van der Waals surface area contributed by atoms with Gasteiger partial charge in [0.1, 0.15) is 0 Å². The highest BCUT2D eigenvalue weighted by atomic mass is 35.5. The summed E-state index contributed by atoms with van der Waals surface area (Å²) in [5.41, 5.74) is 0.890. The summed E-state index contributed by atoms with van der Waals surface area (Å²) in [6, 6.07) is 7.42. The number of halogens is 1. The van der Waals surface area contributed by atoms with Gasteiger partial charge in [-0.2, -0.15) is 4.98 Å². The van der Waals surface area contributed by atoms with E-state index >= 15 is 0 Å². The Hall–Kier alpha value is -2.12. The van der Waals surface area contributed by atoms with Gasteiger partial charge >= 0.3 is 0 Å². The third-order valence-corrected chi connectivity index (χ3v) is 6.44. The van der Waals surface area contributed by atoms with Crippen molar-refractivity contribution in [1.29, 1.82) is 0 Å². The molecule has 1 aliphatic carbocycles. The molecule has 4 rings (SSSR count). The zero-order valence-electron chi connectivity index (χ0n) is 18.2. The number of hydrogen-bond acceptors (Lipinski definition) is 5. The Bertz CT molecular complexity index is 840. The number of nitrogens with one attached hydrogen (secondary N) is 1. The third-order valence-electron chi connectivity index (χ3n) is 6.19. The van der Waals surface area contributed by atoms with Gasteiger partial charge in [-0.1, -0.05) is 29.6 Å². The van der Waals surface area contributed by atoms with Gasteiger partial charge < -0.3 is 19.5 Å². The molecule has 1 aromatic heterocycles. The maximum atomic E-state index is 6.19. The number of guanidine groups is 1. The zero-order chi connectivity index (χ0) is 21.5. The first-order valence-electron chi connectivity index (χ1n) is 11.4. The predicted molar refractivity (Wildman–Crippen MR) is 122 cm³/mol. The fourth-order valence-electron chi connectivity index (χ4n) is 4.37. The van der Waals surface area contributed by atoms with E-state index in [1.807, 2.05) is 31.3 Å². The van der Waals surface area contributed by atoms with Crippen LogP contribution in [0.5, 0.6) is 0 Å². The molecule has 0 bridgehead atoms. The molecule has 2 heterocycles. The molecular weight excluding hydrogens is 414 g/mol. The lowest BCUT2D eigenvalue weighted by Gasteiger charge is -2.34. The average molecular weight is 446 g/mol. The van der Waals surface area contributed by atoms with Gasteiger partial charge in [-0.05, 0) is 55.9 Å². The smallest absolute Gasteiger partial charge is 0.228 e. The highest BCUT2D eigenvalue weighted by Gasteiger charge is 2.24. The van der Waals surface area contributed by atoms with Gasteiger partial charge in [0.15, 0.2) is 5.96 Å². The van der Waals surface area contributed by atoms with E-state index in [0.29, 0.717) is 35.8 Å². The molecule has 0 unspecified atom stereocenters. The van der Waals surface area contributed by atoms with Crippen molar-refractivity contribution >= 4 is 17.6 Å². The zero-order valence-corrected chi connectivity index (χ0v) is 19.0. The number of aromatic nitrogens is 2. The Morgan fingerprint density at radius 1 is 1.19 bits per heavy atom. The van der Waals surface area contributed by atoms with Gasteiger partial charge in [-0.25, -0.2) is 0 Å². The second-order valence-electron chi connectivity index (χ2n) is 8.41. The van der Waals surface area contributed by atoms with Crippen LogP contribution in [0.4, 0.5) is 0 Å². The van der Waals surface area contributed by atoms with Crippen molar-refractivity contribution in [1.82, 2.24) is 20.4 Å². The van der Waals surface area contributed by atoms with E-state index in [9.17, 15) is 0 Å². The number of aliphatic imine (C=N–C) groups is 1. The first kappa shape index (κ1) is 22.1. The minimum atomic E-state index is 0.389. The van der Waals surface area contributed by atoms with Crippen molar-refractivity contribution in [3.63, 3.8) is 0 Å². The quantitative estimate of drug-likeness (QED) is 0.509. The Morgan fingerprint density at radius 2 is 1.94 bits per heavy atom. The van der Waals surface area contributed by atoms with Crippen LogP contribution in [0.2, 0.25) is 5.02 Å². The van der Waals surface area contributed by atoms with Crippen LogP contribution >= 0.6 is 11.6 Å². The average Bonchev–Trinajstić information content (AvgIpc) is 3.49. The molecule has 8 heteroatoms. The molecule has 0 radical (unpaired) electrons. The summed E-state index contributed by atoms with van der Waals surface area (Å²) in [4.78, 5) is 11.2. The molecule has 1 saturated carbocycles. The first-order valence-corrected chi connectivity index (χ1v) is 11.7. The SMILES string of the molecule is CN=C(NCCc1nc(-c2ccc(Cl)cc2)no1)N1CCC(OCC2CCCC2)CC1. The molecule has 2 fully saturated rings. The maximum Gasteiger partial charge on any atom is 0.228 e. The van der Waals surface area contributed by atoms with Crippen LogP contribution < -0.4 is 5.32 Å². The van der Waals surface area contributed by atoms with E-state index in [4.69, 9.17) is 20.9 Å². The lowest BCUT2D eigenvalue weighted by atomic mass is 10.1. The molecule has 2 aromatic rings. The number of nitrogens with zero attached hydrogens (tertiary/aromatic N) is 4. The van der Waals surface area contributed by atoms with E-state index in [1.165, 1.54) is 25.7 Å². The van der Waals surface area contributed by atoms with Crippen molar-refractivity contribution in [2.45, 2.75) is 51.0 Å². The van der Waals surface area contributed by atoms with E-state index in [0.717, 1.165) is 50.0 Å². The van der Waals surface area contributed by atoms with Crippen LogP contribution in [0.15, 0.2) is 33.8 Å². The minimum Gasteiger partial charge on any atom is -0.378 e. The summed E-state index contributed by atoms with van der Waals surface area (Å²) >= 11 is 5.94. The van der Waals surface area contributed by atoms with Crippen LogP contribution in [0.3, 0.4) is 0 Å². The monoisotopic (exact) mass is 445 g/mol. The fourth-order valence-corrected chi connectivity index (χ4v) is 4.50. The van der Waals surface area contributed by atoms with Gasteiger partial charge in [0.05, 0.1) is 6.10 Å². The summed E-state index contributed by atoms with van der Waals surface area (Å²) in [7, 11) is 1.83. The number of rotatable bonds is 7. The van der Waals surface area contributed by atoms with Crippen molar-refractivity contribution < 1.29 is 9.26 Å². The van der Waals surface area contributed by atoms with Gasteiger partial charge in [-0.15, -0.1) is 0 Å². The summed E-state index contributed by atoms with van der Waals surface area (Å²) in [6.45, 7) is 3.57. The van der Waals surface area contributed by atoms with Gasteiger partial charge in [0.25, 0.3) is 0 Å². The number of hydrogen-bond donors (Lipinski definition) is 1. The molecule has 1 saturated heterocycles. The van der Waals surface area contributed by atoms with Crippen molar-refractivity contribution in [2.75, 3.05) is 33.3 Å². The lowest BCUT2D eigenvalue weighted by Crippen LogP contribution is -2.47. The van der Waals surface area contributed by atoms with E-state index in [-0.39, 0.29) is 0 Å². The molecule has 2 aliphatic rings. The van der Waals surface area contributed by atoms with Crippen molar-refractivity contribution in [3.05, 3.63) is 35.2 Å². The predicted octanol–water partition coefficient (Wildman–Crippen LogP) is 4.18. The van der Waals surface area contributed by atoms with Crippen LogP contribution in [0, 0.1) is 5.92 Å². The summed E-state index contributed by atoms with van der Waals surface area (Å²) in [5.74, 6) is 2.90. The Balaban J connectivity index is 1.18. The number of likely N-dealkylation sites (tertiary alicyclic amines) is 1. The second kappa shape index (κ2) is 11.0. The highest BCUT2D eigenvalue weighted by Crippen LogP contribution is 2.26. The van der Waals surface area contributed by atoms with Gasteiger partial charge in [0.2, 0.25) is 11.7 Å². The van der Waals surface area contributed by atoms with Crippen molar-refractivity contribution in [2.24, 2.45) is 10.9 Å². The Morgan fingerprint density at radius 3 is 2.65 bits per heavy atom. The number of ether oxygens (including phenoxy) is 1. The van der Waals surface area contributed by atoms with Crippen LogP contribution in [-0.2, 0) is 11.2 Å².